The van der Waals surface area contributed by atoms with E-state index >= 15 is 0 Å². The Hall–Kier alpha value is -2.60. The Kier molecular flexibility index (Phi) is 4.20. The Morgan fingerprint density at radius 3 is 3.00 bits per heavy atom. The van der Waals surface area contributed by atoms with Crippen molar-refractivity contribution in [2.45, 2.75) is 31.9 Å². The molecule has 2 aromatic heterocycles. The van der Waals surface area contributed by atoms with E-state index in [9.17, 15) is 0 Å². The number of fused-ring (bicyclic) bond motifs is 2. The molecule has 0 amide bonds. The molecular formula is C21H24N4O2. The average molecular weight is 364 g/mol. The zero-order valence-corrected chi connectivity index (χ0v) is 15.5. The first-order valence-electron chi connectivity index (χ1n) is 9.67. The van der Waals surface area contributed by atoms with Gasteiger partial charge in [-0.15, -0.1) is 0 Å². The average Bonchev–Trinajstić information content (AvgIpc) is 3.04. The number of ether oxygens (including phenoxy) is 2. The molecular weight excluding hydrogens is 340 g/mol. The maximum absolute atomic E-state index is 6.16. The second-order valence-corrected chi connectivity index (χ2v) is 7.45. The first-order chi connectivity index (χ1) is 13.3. The number of imidazole rings is 1. The number of nitrogens with zero attached hydrogens (tertiary/aromatic N) is 4. The van der Waals surface area contributed by atoms with Crippen molar-refractivity contribution in [1.29, 1.82) is 0 Å². The monoisotopic (exact) mass is 364 g/mol. The van der Waals surface area contributed by atoms with Gasteiger partial charge in [-0.25, -0.2) is 4.98 Å². The highest BCUT2D eigenvalue weighted by Crippen LogP contribution is 2.32. The van der Waals surface area contributed by atoms with Crippen LogP contribution in [0.3, 0.4) is 0 Å². The van der Waals surface area contributed by atoms with Crippen LogP contribution in [-0.2, 0) is 0 Å². The lowest BCUT2D eigenvalue weighted by atomic mass is 10.0. The van der Waals surface area contributed by atoms with Crippen LogP contribution in [0, 0.1) is 6.92 Å². The van der Waals surface area contributed by atoms with Gasteiger partial charge in [0.15, 0.2) is 11.5 Å². The standard InChI is InChI=1S/C21H24N4O2/c1-15-23-18-11-22-9-8-19(18)25(15)16-5-4-10-24(12-16)13-17-14-26-20-6-2-3-7-21(20)27-17/h2-3,6-9,11,16-17H,4-5,10,12-14H2,1H3/t16-,17-/m0/s1. The molecule has 0 bridgehead atoms. The van der Waals surface area contributed by atoms with Crippen LogP contribution in [0.1, 0.15) is 24.7 Å². The summed E-state index contributed by atoms with van der Waals surface area (Å²) in [6.07, 6.45) is 6.13. The summed E-state index contributed by atoms with van der Waals surface area (Å²) in [6.45, 7) is 5.70. The van der Waals surface area contributed by atoms with Crippen LogP contribution >= 0.6 is 0 Å². The largest absolute Gasteiger partial charge is 0.486 e. The molecule has 0 spiro atoms. The van der Waals surface area contributed by atoms with E-state index < -0.39 is 0 Å². The fourth-order valence-corrected chi connectivity index (χ4v) is 4.38. The third-order valence-corrected chi connectivity index (χ3v) is 5.54. The predicted molar refractivity (Wildman–Crippen MR) is 103 cm³/mol. The van der Waals surface area contributed by atoms with Gasteiger partial charge < -0.3 is 14.0 Å². The molecule has 1 saturated heterocycles. The fourth-order valence-electron chi connectivity index (χ4n) is 4.38. The number of aryl methyl sites for hydroxylation is 1. The van der Waals surface area contributed by atoms with Gasteiger partial charge in [-0.3, -0.25) is 9.88 Å². The lowest BCUT2D eigenvalue weighted by molar-refractivity contribution is 0.0462. The van der Waals surface area contributed by atoms with Gasteiger partial charge in [-0.1, -0.05) is 12.1 Å². The molecule has 4 heterocycles. The van der Waals surface area contributed by atoms with Crippen LogP contribution in [0.25, 0.3) is 11.0 Å². The third-order valence-electron chi connectivity index (χ3n) is 5.54. The molecule has 0 radical (unpaired) electrons. The van der Waals surface area contributed by atoms with Crippen molar-refractivity contribution in [3.63, 3.8) is 0 Å². The lowest BCUT2D eigenvalue weighted by Gasteiger charge is -2.37. The van der Waals surface area contributed by atoms with Crippen molar-refractivity contribution in [2.24, 2.45) is 0 Å². The maximum Gasteiger partial charge on any atom is 0.161 e. The van der Waals surface area contributed by atoms with Crippen LogP contribution in [-0.4, -0.2) is 51.8 Å². The normalized spacial score (nSPS) is 22.9. The number of rotatable bonds is 3. The summed E-state index contributed by atoms with van der Waals surface area (Å²) >= 11 is 0. The fraction of sp³-hybridized carbons (Fsp3) is 0.429. The molecule has 2 aliphatic heterocycles. The quantitative estimate of drug-likeness (QED) is 0.714. The van der Waals surface area contributed by atoms with Gasteiger partial charge in [-0.2, -0.15) is 0 Å². The highest BCUT2D eigenvalue weighted by Gasteiger charge is 2.28. The Labute approximate surface area is 158 Å². The lowest BCUT2D eigenvalue weighted by Crippen LogP contribution is -2.45. The molecule has 0 N–H and O–H groups in total. The third kappa shape index (κ3) is 3.14. The van der Waals surface area contributed by atoms with Crippen molar-refractivity contribution in [3.8, 4) is 11.5 Å². The number of likely N-dealkylation sites (tertiary alicyclic amines) is 1. The van der Waals surface area contributed by atoms with E-state index in [2.05, 4.69) is 27.4 Å². The SMILES string of the molecule is Cc1nc2cnccc2n1[C@H]1CCCN(C[C@H]2COc3ccccc3O2)C1. The molecule has 6 nitrogen and oxygen atoms in total. The number of hydrogen-bond donors (Lipinski definition) is 0. The van der Waals surface area contributed by atoms with Crippen LogP contribution in [0.15, 0.2) is 42.7 Å². The zero-order chi connectivity index (χ0) is 18.2. The van der Waals surface area contributed by atoms with Crippen molar-refractivity contribution in [3.05, 3.63) is 48.5 Å². The van der Waals surface area contributed by atoms with Gasteiger partial charge in [0.2, 0.25) is 0 Å². The Bertz CT molecular complexity index is 954. The van der Waals surface area contributed by atoms with Gasteiger partial charge in [0.25, 0.3) is 0 Å². The Balaban J connectivity index is 1.31. The minimum Gasteiger partial charge on any atom is -0.486 e. The minimum atomic E-state index is 0.0727. The summed E-state index contributed by atoms with van der Waals surface area (Å²) < 4.78 is 14.4. The van der Waals surface area contributed by atoms with Crippen molar-refractivity contribution in [2.75, 3.05) is 26.2 Å². The van der Waals surface area contributed by atoms with Crippen LogP contribution in [0.2, 0.25) is 0 Å². The van der Waals surface area contributed by atoms with Crippen molar-refractivity contribution in [1.82, 2.24) is 19.4 Å². The number of aromatic nitrogens is 3. The summed E-state index contributed by atoms with van der Waals surface area (Å²) in [6, 6.07) is 10.4. The zero-order valence-electron chi connectivity index (χ0n) is 15.5. The summed E-state index contributed by atoms with van der Waals surface area (Å²) in [5.41, 5.74) is 2.16. The molecule has 1 aromatic carbocycles. The first-order valence-corrected chi connectivity index (χ1v) is 9.67. The highest BCUT2D eigenvalue weighted by atomic mass is 16.6. The molecule has 5 rings (SSSR count). The van der Waals surface area contributed by atoms with E-state index in [1.165, 1.54) is 18.4 Å². The molecule has 140 valence electrons. The Morgan fingerprint density at radius 1 is 1.19 bits per heavy atom. The number of benzene rings is 1. The van der Waals surface area contributed by atoms with Gasteiger partial charge >= 0.3 is 0 Å². The molecule has 0 saturated carbocycles. The summed E-state index contributed by atoms with van der Waals surface area (Å²) in [7, 11) is 0. The first kappa shape index (κ1) is 16.6. The molecule has 1 fully saturated rings. The van der Waals surface area contributed by atoms with Crippen LogP contribution < -0.4 is 9.47 Å². The van der Waals surface area contributed by atoms with Crippen LogP contribution in [0.4, 0.5) is 0 Å². The van der Waals surface area contributed by atoms with E-state index in [1.807, 2.05) is 36.7 Å². The number of pyridine rings is 1. The smallest absolute Gasteiger partial charge is 0.161 e. The topological polar surface area (TPSA) is 52.4 Å². The van der Waals surface area contributed by atoms with Gasteiger partial charge in [0, 0.05) is 25.3 Å². The van der Waals surface area contributed by atoms with E-state index in [4.69, 9.17) is 14.5 Å². The summed E-state index contributed by atoms with van der Waals surface area (Å²) in [5, 5.41) is 0. The summed E-state index contributed by atoms with van der Waals surface area (Å²) in [4.78, 5) is 11.4. The van der Waals surface area contributed by atoms with Gasteiger partial charge in [0.1, 0.15) is 24.1 Å². The molecule has 0 unspecified atom stereocenters. The Morgan fingerprint density at radius 2 is 2.07 bits per heavy atom. The van der Waals surface area contributed by atoms with E-state index in [1.54, 1.807) is 0 Å². The molecule has 3 aromatic rings. The number of para-hydroxylation sites is 2. The molecule has 2 aliphatic rings. The minimum absolute atomic E-state index is 0.0727. The maximum atomic E-state index is 6.16. The number of hydrogen-bond acceptors (Lipinski definition) is 5. The second kappa shape index (κ2) is 6.85. The molecule has 6 heteroatoms. The van der Waals surface area contributed by atoms with Crippen molar-refractivity contribution >= 4 is 11.0 Å². The predicted octanol–water partition coefficient (Wildman–Crippen LogP) is 3.22. The van der Waals surface area contributed by atoms with E-state index in [0.717, 1.165) is 42.5 Å². The van der Waals surface area contributed by atoms with Gasteiger partial charge in [-0.05, 0) is 44.5 Å². The van der Waals surface area contributed by atoms with Crippen molar-refractivity contribution < 1.29 is 9.47 Å². The van der Waals surface area contributed by atoms with E-state index in [0.29, 0.717) is 12.6 Å². The summed E-state index contributed by atoms with van der Waals surface area (Å²) in [5.74, 6) is 2.77. The molecule has 27 heavy (non-hydrogen) atoms. The van der Waals surface area contributed by atoms with Crippen LogP contribution in [0.5, 0.6) is 11.5 Å². The van der Waals surface area contributed by atoms with E-state index in [-0.39, 0.29) is 6.10 Å². The highest BCUT2D eigenvalue weighted by molar-refractivity contribution is 5.74. The molecule has 2 atom stereocenters. The second-order valence-electron chi connectivity index (χ2n) is 7.45. The molecule has 0 aliphatic carbocycles. The van der Waals surface area contributed by atoms with Gasteiger partial charge in [0.05, 0.1) is 11.7 Å². The number of piperidine rings is 1.